The van der Waals surface area contributed by atoms with Gasteiger partial charge in [-0.25, -0.2) is 0 Å². The normalized spacial score (nSPS) is 27.0. The lowest BCUT2D eigenvalue weighted by Gasteiger charge is -2.30. The molecule has 1 aromatic carbocycles. The van der Waals surface area contributed by atoms with Crippen LogP contribution in [-0.2, 0) is 16.0 Å². The topological polar surface area (TPSA) is 66.4 Å². The summed E-state index contributed by atoms with van der Waals surface area (Å²) in [6, 6.07) is 8.20. The maximum atomic E-state index is 12.6. The summed E-state index contributed by atoms with van der Waals surface area (Å²) in [4.78, 5) is 23.9. The van der Waals surface area contributed by atoms with Crippen molar-refractivity contribution >= 4 is 11.9 Å². The first-order valence-electron chi connectivity index (χ1n) is 7.93. The van der Waals surface area contributed by atoms with Gasteiger partial charge in [-0.2, -0.15) is 0 Å². The maximum absolute atomic E-state index is 12.6. The highest BCUT2D eigenvalue weighted by Crippen LogP contribution is 2.31. The molecule has 3 atom stereocenters. The third-order valence-electron chi connectivity index (χ3n) is 4.77. The van der Waals surface area contributed by atoms with Crippen LogP contribution in [0.15, 0.2) is 36.4 Å². The number of amides is 1. The van der Waals surface area contributed by atoms with Crippen molar-refractivity contribution in [2.75, 3.05) is 0 Å². The molecule has 0 saturated heterocycles. The van der Waals surface area contributed by atoms with Crippen molar-refractivity contribution in [3.63, 3.8) is 0 Å². The summed E-state index contributed by atoms with van der Waals surface area (Å²) in [5, 5.41) is 12.4. The summed E-state index contributed by atoms with van der Waals surface area (Å²) in [6.45, 7) is 0. The van der Waals surface area contributed by atoms with Gasteiger partial charge in [0.1, 0.15) is 0 Å². The second kappa shape index (κ2) is 6.34. The van der Waals surface area contributed by atoms with E-state index in [0.717, 1.165) is 19.3 Å². The number of benzene rings is 1. The fraction of sp³-hybridized carbons (Fsp3) is 0.444. The van der Waals surface area contributed by atoms with Gasteiger partial charge >= 0.3 is 5.97 Å². The predicted octanol–water partition coefficient (Wildman–Crippen LogP) is 2.85. The van der Waals surface area contributed by atoms with Gasteiger partial charge < -0.3 is 10.4 Å². The molecule has 0 spiro atoms. The van der Waals surface area contributed by atoms with E-state index in [9.17, 15) is 14.7 Å². The van der Waals surface area contributed by atoms with Gasteiger partial charge in [0.25, 0.3) is 0 Å². The quantitative estimate of drug-likeness (QED) is 0.843. The van der Waals surface area contributed by atoms with E-state index in [0.29, 0.717) is 12.8 Å². The van der Waals surface area contributed by atoms with E-state index in [1.807, 2.05) is 24.3 Å². The second-order valence-electron chi connectivity index (χ2n) is 6.15. The molecule has 0 bridgehead atoms. The minimum Gasteiger partial charge on any atom is -0.481 e. The third-order valence-corrected chi connectivity index (χ3v) is 4.77. The molecule has 2 aliphatic rings. The first kappa shape index (κ1) is 14.8. The Hall–Kier alpha value is -2.10. The molecule has 1 amide bonds. The highest BCUT2D eigenvalue weighted by molar-refractivity contribution is 5.85. The molecule has 0 aliphatic heterocycles. The Morgan fingerprint density at radius 1 is 1.09 bits per heavy atom. The minimum atomic E-state index is -0.881. The van der Waals surface area contributed by atoms with Crippen LogP contribution < -0.4 is 5.32 Å². The molecule has 4 heteroatoms. The molecular formula is C18H21NO3. The standard InChI is InChI=1S/C18H21NO3/c20-17(14-9-3-4-10-15(14)18(21)22)19-16-11-5-7-12-6-1-2-8-13(12)16/h1-4,6,8,14-16H,5,7,9-11H2,(H,19,20)(H,21,22)/t14-,15+,16-/m0/s1. The number of rotatable bonds is 3. The van der Waals surface area contributed by atoms with Gasteiger partial charge in [-0.3, -0.25) is 9.59 Å². The van der Waals surface area contributed by atoms with Gasteiger partial charge in [0.05, 0.1) is 17.9 Å². The van der Waals surface area contributed by atoms with Gasteiger partial charge in [0.15, 0.2) is 0 Å². The first-order valence-corrected chi connectivity index (χ1v) is 7.93. The van der Waals surface area contributed by atoms with Gasteiger partial charge in [0, 0.05) is 0 Å². The number of aliphatic carboxylic acids is 1. The Morgan fingerprint density at radius 3 is 2.59 bits per heavy atom. The van der Waals surface area contributed by atoms with Crippen molar-refractivity contribution in [2.24, 2.45) is 11.8 Å². The number of carboxylic acids is 1. The van der Waals surface area contributed by atoms with Crippen LogP contribution in [0.1, 0.15) is 42.9 Å². The Labute approximate surface area is 130 Å². The lowest BCUT2D eigenvalue weighted by atomic mass is 9.81. The number of carbonyl (C=O) groups is 2. The number of nitrogens with one attached hydrogen (secondary N) is 1. The highest BCUT2D eigenvalue weighted by Gasteiger charge is 2.35. The Bertz CT molecular complexity index is 608. The van der Waals surface area contributed by atoms with Crippen LogP contribution in [0.2, 0.25) is 0 Å². The summed E-state index contributed by atoms with van der Waals surface area (Å²) >= 11 is 0. The number of aryl methyl sites for hydroxylation is 1. The van der Waals surface area contributed by atoms with Crippen LogP contribution in [0, 0.1) is 11.8 Å². The van der Waals surface area contributed by atoms with Crippen molar-refractivity contribution < 1.29 is 14.7 Å². The number of hydrogen-bond acceptors (Lipinski definition) is 2. The van der Waals surface area contributed by atoms with Gasteiger partial charge in [-0.1, -0.05) is 36.4 Å². The summed E-state index contributed by atoms with van der Waals surface area (Å²) in [6.07, 6.45) is 7.74. The average Bonchev–Trinajstić information content (AvgIpc) is 2.55. The molecule has 1 aromatic rings. The number of allylic oxidation sites excluding steroid dienone is 2. The molecule has 4 nitrogen and oxygen atoms in total. The van der Waals surface area contributed by atoms with Crippen LogP contribution in [0.5, 0.6) is 0 Å². The van der Waals surface area contributed by atoms with E-state index in [4.69, 9.17) is 0 Å². The number of fused-ring (bicyclic) bond motifs is 1. The van der Waals surface area contributed by atoms with Crippen molar-refractivity contribution in [2.45, 2.75) is 38.1 Å². The van der Waals surface area contributed by atoms with Crippen molar-refractivity contribution in [1.29, 1.82) is 0 Å². The first-order chi connectivity index (χ1) is 10.7. The van der Waals surface area contributed by atoms with E-state index in [1.54, 1.807) is 0 Å². The molecule has 0 aromatic heterocycles. The molecule has 0 radical (unpaired) electrons. The largest absolute Gasteiger partial charge is 0.481 e. The molecule has 22 heavy (non-hydrogen) atoms. The summed E-state index contributed by atoms with van der Waals surface area (Å²) in [5.74, 6) is -2.08. The fourth-order valence-corrected chi connectivity index (χ4v) is 3.56. The molecule has 2 N–H and O–H groups in total. The van der Waals surface area contributed by atoms with Crippen LogP contribution in [0.25, 0.3) is 0 Å². The van der Waals surface area contributed by atoms with Crippen molar-refractivity contribution in [3.8, 4) is 0 Å². The highest BCUT2D eigenvalue weighted by atomic mass is 16.4. The number of hydrogen-bond donors (Lipinski definition) is 2. The maximum Gasteiger partial charge on any atom is 0.307 e. The monoisotopic (exact) mass is 299 g/mol. The Kier molecular flexibility index (Phi) is 4.27. The van der Waals surface area contributed by atoms with Gasteiger partial charge in [0.2, 0.25) is 5.91 Å². The average molecular weight is 299 g/mol. The van der Waals surface area contributed by atoms with E-state index in [1.165, 1.54) is 11.1 Å². The molecule has 0 heterocycles. The molecule has 2 aliphatic carbocycles. The zero-order valence-corrected chi connectivity index (χ0v) is 12.5. The van der Waals surface area contributed by atoms with E-state index >= 15 is 0 Å². The summed E-state index contributed by atoms with van der Waals surface area (Å²) in [5.41, 5.74) is 2.47. The number of carbonyl (C=O) groups excluding carboxylic acids is 1. The molecule has 0 unspecified atom stereocenters. The zero-order chi connectivity index (χ0) is 15.5. The SMILES string of the molecule is O=C(N[C@H]1CCCc2ccccc21)[C@H]1CC=CC[C@H]1C(=O)O. The van der Waals surface area contributed by atoms with Crippen LogP contribution in [0.3, 0.4) is 0 Å². The summed E-state index contributed by atoms with van der Waals surface area (Å²) in [7, 11) is 0. The molecule has 116 valence electrons. The fourth-order valence-electron chi connectivity index (χ4n) is 3.56. The lowest BCUT2D eigenvalue weighted by molar-refractivity contribution is -0.147. The smallest absolute Gasteiger partial charge is 0.307 e. The van der Waals surface area contributed by atoms with Crippen LogP contribution in [-0.4, -0.2) is 17.0 Å². The lowest BCUT2D eigenvalue weighted by Crippen LogP contribution is -2.41. The second-order valence-corrected chi connectivity index (χ2v) is 6.15. The molecular weight excluding hydrogens is 278 g/mol. The predicted molar refractivity (Wildman–Crippen MR) is 83.3 cm³/mol. The number of carboxylic acid groups (broad SMARTS) is 1. The van der Waals surface area contributed by atoms with Crippen LogP contribution in [0.4, 0.5) is 0 Å². The Balaban J connectivity index is 1.75. The Morgan fingerprint density at radius 2 is 1.82 bits per heavy atom. The van der Waals surface area contributed by atoms with Crippen LogP contribution >= 0.6 is 0 Å². The van der Waals surface area contributed by atoms with Crippen molar-refractivity contribution in [3.05, 3.63) is 47.5 Å². The molecule has 0 saturated carbocycles. The van der Waals surface area contributed by atoms with Gasteiger partial charge in [-0.05, 0) is 43.2 Å². The molecule has 0 fully saturated rings. The minimum absolute atomic E-state index is 0.0119. The van der Waals surface area contributed by atoms with E-state index in [-0.39, 0.29) is 11.9 Å². The zero-order valence-electron chi connectivity index (χ0n) is 12.5. The summed E-state index contributed by atoms with van der Waals surface area (Å²) < 4.78 is 0. The molecule has 3 rings (SSSR count). The van der Waals surface area contributed by atoms with E-state index < -0.39 is 17.8 Å². The van der Waals surface area contributed by atoms with Crippen molar-refractivity contribution in [1.82, 2.24) is 5.32 Å². The third kappa shape index (κ3) is 2.91. The van der Waals surface area contributed by atoms with Gasteiger partial charge in [-0.15, -0.1) is 0 Å². The van der Waals surface area contributed by atoms with E-state index in [2.05, 4.69) is 17.4 Å².